The molecule has 0 aliphatic carbocycles. The van der Waals surface area contributed by atoms with Crippen LogP contribution in [0.15, 0.2) is 17.1 Å². The largest absolute Gasteiger partial charge is 0.444 e. The molecule has 0 radical (unpaired) electrons. The van der Waals surface area contributed by atoms with Gasteiger partial charge >= 0.3 is 6.09 Å². The topological polar surface area (TPSA) is 71.2 Å². The number of anilines is 1. The van der Waals surface area contributed by atoms with Gasteiger partial charge in [0.25, 0.3) is 0 Å². The number of halogens is 1. The van der Waals surface area contributed by atoms with E-state index in [1.807, 2.05) is 0 Å². The molecule has 0 aliphatic heterocycles. The number of nitrogens with one attached hydrogen (secondary N) is 2. The molecular formula is C10H13ClN2O3. The van der Waals surface area contributed by atoms with Crippen molar-refractivity contribution in [3.63, 3.8) is 0 Å². The first-order valence-electron chi connectivity index (χ1n) is 4.66. The highest BCUT2D eigenvalue weighted by Gasteiger charge is 2.16. The van der Waals surface area contributed by atoms with Gasteiger partial charge in [-0.3, -0.25) is 10.1 Å². The number of H-pyrrole nitrogens is 1. The van der Waals surface area contributed by atoms with Crippen molar-refractivity contribution in [1.29, 1.82) is 0 Å². The number of carbonyl (C=O) groups excluding carboxylic acids is 1. The van der Waals surface area contributed by atoms with E-state index < -0.39 is 11.7 Å². The second kappa shape index (κ2) is 4.57. The van der Waals surface area contributed by atoms with Crippen molar-refractivity contribution in [2.45, 2.75) is 26.4 Å². The lowest BCUT2D eigenvalue weighted by Gasteiger charge is -2.19. The van der Waals surface area contributed by atoms with Crippen LogP contribution >= 0.6 is 11.6 Å². The molecule has 0 aliphatic rings. The van der Waals surface area contributed by atoms with Crippen LogP contribution in [0.25, 0.3) is 0 Å². The Labute approximate surface area is 97.8 Å². The fourth-order valence-corrected chi connectivity index (χ4v) is 1.11. The third-order valence-corrected chi connectivity index (χ3v) is 1.73. The first kappa shape index (κ1) is 12.6. The highest BCUT2D eigenvalue weighted by Crippen LogP contribution is 2.09. The van der Waals surface area contributed by atoms with Crippen molar-refractivity contribution in [2.75, 3.05) is 5.32 Å². The Balaban J connectivity index is 2.74. The van der Waals surface area contributed by atoms with Gasteiger partial charge in [0.15, 0.2) is 0 Å². The quantitative estimate of drug-likeness (QED) is 0.745. The van der Waals surface area contributed by atoms with E-state index in [0.717, 1.165) is 0 Å². The molecule has 1 aromatic heterocycles. The van der Waals surface area contributed by atoms with Crippen LogP contribution < -0.4 is 10.7 Å². The van der Waals surface area contributed by atoms with Crippen molar-refractivity contribution >= 4 is 23.4 Å². The Kier molecular flexibility index (Phi) is 3.59. The van der Waals surface area contributed by atoms with Crippen LogP contribution in [-0.4, -0.2) is 16.7 Å². The van der Waals surface area contributed by atoms with Crippen molar-refractivity contribution in [3.8, 4) is 0 Å². The molecule has 1 heterocycles. The lowest BCUT2D eigenvalue weighted by Crippen LogP contribution is -2.28. The molecule has 1 rings (SSSR count). The van der Waals surface area contributed by atoms with Gasteiger partial charge in [0, 0.05) is 12.3 Å². The summed E-state index contributed by atoms with van der Waals surface area (Å²) in [5, 5.41) is 2.54. The molecule has 88 valence electrons. The minimum Gasteiger partial charge on any atom is -0.444 e. The fourth-order valence-electron chi connectivity index (χ4n) is 0.958. The molecule has 0 fully saturated rings. The van der Waals surface area contributed by atoms with Crippen molar-refractivity contribution < 1.29 is 9.53 Å². The van der Waals surface area contributed by atoms with Crippen LogP contribution in [0.4, 0.5) is 10.5 Å². The second-order valence-corrected chi connectivity index (χ2v) is 4.59. The molecule has 16 heavy (non-hydrogen) atoms. The summed E-state index contributed by atoms with van der Waals surface area (Å²) in [6, 6.07) is 1.17. The molecule has 0 bridgehead atoms. The molecule has 0 aromatic carbocycles. The van der Waals surface area contributed by atoms with Crippen molar-refractivity contribution in [1.82, 2.24) is 4.98 Å². The maximum absolute atomic E-state index is 11.4. The maximum atomic E-state index is 11.4. The van der Waals surface area contributed by atoms with E-state index in [1.54, 1.807) is 20.8 Å². The van der Waals surface area contributed by atoms with Gasteiger partial charge in [-0.2, -0.15) is 0 Å². The zero-order chi connectivity index (χ0) is 12.3. The predicted molar refractivity (Wildman–Crippen MR) is 61.9 cm³/mol. The maximum Gasteiger partial charge on any atom is 0.412 e. The molecule has 0 spiro atoms. The Morgan fingerprint density at radius 3 is 2.62 bits per heavy atom. The van der Waals surface area contributed by atoms with Crippen LogP contribution in [0.1, 0.15) is 20.8 Å². The van der Waals surface area contributed by atoms with Crippen molar-refractivity contribution in [3.05, 3.63) is 27.6 Å². The van der Waals surface area contributed by atoms with Gasteiger partial charge in [-0.1, -0.05) is 11.6 Å². The molecule has 5 nitrogen and oxygen atoms in total. The van der Waals surface area contributed by atoms with Gasteiger partial charge in [0.05, 0.1) is 0 Å². The summed E-state index contributed by atoms with van der Waals surface area (Å²) in [6.07, 6.45) is 0.634. The van der Waals surface area contributed by atoms with E-state index >= 15 is 0 Å². The highest BCUT2D eigenvalue weighted by atomic mass is 35.5. The first-order valence-corrected chi connectivity index (χ1v) is 5.04. The Morgan fingerprint density at radius 1 is 1.50 bits per heavy atom. The number of aromatic amines is 1. The number of hydrogen-bond donors (Lipinski definition) is 2. The number of pyridine rings is 1. The van der Waals surface area contributed by atoms with E-state index in [1.165, 1.54) is 12.3 Å². The SMILES string of the molecule is CC(C)(C)OC(=O)Nc1c[nH]c(Cl)cc1=O. The molecule has 1 amide bonds. The summed E-state index contributed by atoms with van der Waals surface area (Å²) >= 11 is 5.56. The average Bonchev–Trinajstić information content (AvgIpc) is 2.06. The Morgan fingerprint density at radius 2 is 2.12 bits per heavy atom. The summed E-state index contributed by atoms with van der Waals surface area (Å²) < 4.78 is 4.99. The standard InChI is InChI=1S/C10H13ClN2O3/c1-10(2,3)16-9(15)13-6-5-12-8(11)4-7(6)14/h4-5H,1-3H3,(H,12,14)(H,13,15). The Bertz CT molecular complexity index is 448. The molecule has 0 saturated carbocycles. The molecular weight excluding hydrogens is 232 g/mol. The summed E-state index contributed by atoms with van der Waals surface area (Å²) in [5.74, 6) is 0. The number of ether oxygens (including phenoxy) is 1. The zero-order valence-electron chi connectivity index (χ0n) is 9.26. The first-order chi connectivity index (χ1) is 7.28. The minimum absolute atomic E-state index is 0.0960. The number of hydrogen-bond acceptors (Lipinski definition) is 3. The molecule has 6 heteroatoms. The summed E-state index contributed by atoms with van der Waals surface area (Å²) in [7, 11) is 0. The van der Waals surface area contributed by atoms with E-state index in [2.05, 4.69) is 10.3 Å². The van der Waals surface area contributed by atoms with Gasteiger partial charge in [0.1, 0.15) is 16.4 Å². The number of rotatable bonds is 1. The number of amides is 1. The van der Waals surface area contributed by atoms with Gasteiger partial charge < -0.3 is 9.72 Å². The molecule has 0 unspecified atom stereocenters. The molecule has 0 saturated heterocycles. The van der Waals surface area contributed by atoms with Crippen LogP contribution in [0, 0.1) is 0 Å². The lowest BCUT2D eigenvalue weighted by molar-refractivity contribution is 0.0635. The third kappa shape index (κ3) is 3.94. The highest BCUT2D eigenvalue weighted by molar-refractivity contribution is 6.29. The smallest absolute Gasteiger partial charge is 0.412 e. The summed E-state index contributed by atoms with van der Waals surface area (Å²) in [4.78, 5) is 25.3. The van der Waals surface area contributed by atoms with Crippen LogP contribution in [0.3, 0.4) is 0 Å². The van der Waals surface area contributed by atoms with Gasteiger partial charge in [-0.25, -0.2) is 4.79 Å². The van der Waals surface area contributed by atoms with Crippen LogP contribution in [0.5, 0.6) is 0 Å². The predicted octanol–water partition coefficient (Wildman–Crippen LogP) is 2.38. The summed E-state index contributed by atoms with van der Waals surface area (Å²) in [6.45, 7) is 5.20. The fraction of sp³-hybridized carbons (Fsp3) is 0.400. The summed E-state index contributed by atoms with van der Waals surface area (Å²) in [5.41, 5.74) is -0.892. The minimum atomic E-state index is -0.680. The van der Waals surface area contributed by atoms with E-state index in [9.17, 15) is 9.59 Å². The number of carbonyl (C=O) groups is 1. The lowest BCUT2D eigenvalue weighted by atomic mass is 10.2. The third-order valence-electron chi connectivity index (χ3n) is 1.51. The van der Waals surface area contributed by atoms with Crippen LogP contribution in [-0.2, 0) is 4.74 Å². The van der Waals surface area contributed by atoms with E-state index in [4.69, 9.17) is 16.3 Å². The van der Waals surface area contributed by atoms with E-state index in [-0.39, 0.29) is 16.3 Å². The van der Waals surface area contributed by atoms with E-state index in [0.29, 0.717) is 0 Å². The average molecular weight is 245 g/mol. The van der Waals surface area contributed by atoms with Gasteiger partial charge in [0.2, 0.25) is 5.43 Å². The van der Waals surface area contributed by atoms with Crippen LogP contribution in [0.2, 0.25) is 5.15 Å². The van der Waals surface area contributed by atoms with Gasteiger partial charge in [-0.15, -0.1) is 0 Å². The molecule has 1 aromatic rings. The Hall–Kier alpha value is -1.49. The normalized spacial score (nSPS) is 11.0. The molecule has 0 atom stereocenters. The second-order valence-electron chi connectivity index (χ2n) is 4.19. The zero-order valence-corrected chi connectivity index (χ0v) is 10.0. The number of aromatic nitrogens is 1. The van der Waals surface area contributed by atoms with Crippen molar-refractivity contribution in [2.24, 2.45) is 0 Å². The molecule has 2 N–H and O–H groups in total. The van der Waals surface area contributed by atoms with Gasteiger partial charge in [-0.05, 0) is 20.8 Å². The monoisotopic (exact) mass is 244 g/mol.